The van der Waals surface area contributed by atoms with Crippen molar-refractivity contribution in [2.75, 3.05) is 0 Å². The number of rotatable bonds is 0. The van der Waals surface area contributed by atoms with Crippen molar-refractivity contribution in [1.29, 1.82) is 0 Å². The molecule has 0 bridgehead atoms. The van der Waals surface area contributed by atoms with Gasteiger partial charge in [0, 0.05) is 12.8 Å². The summed E-state index contributed by atoms with van der Waals surface area (Å²) >= 11 is 0. The number of allylic oxidation sites excluding steroid dienone is 2. The number of hydrogen-bond acceptors (Lipinski definition) is 1. The van der Waals surface area contributed by atoms with Gasteiger partial charge in [-0.3, -0.25) is 4.79 Å². The number of carbonyl (C=O) groups excluding carboxylic acids is 1. The summed E-state index contributed by atoms with van der Waals surface area (Å²) in [6, 6.07) is 0. The molecule has 0 amide bonds. The van der Waals surface area contributed by atoms with Gasteiger partial charge in [-0.25, -0.2) is 0 Å². The normalized spacial score (nSPS) is 20.5. The zero-order valence-corrected chi connectivity index (χ0v) is 9.02. The van der Waals surface area contributed by atoms with Crippen molar-refractivity contribution in [3.63, 3.8) is 0 Å². The molecule has 13 heavy (non-hydrogen) atoms. The highest BCUT2D eigenvalue weighted by Crippen LogP contribution is 2.31. The van der Waals surface area contributed by atoms with Crippen molar-refractivity contribution in [3.05, 3.63) is 11.6 Å². The maximum Gasteiger partial charge on any atom is 0.133 e. The van der Waals surface area contributed by atoms with Crippen LogP contribution >= 0.6 is 0 Å². The van der Waals surface area contributed by atoms with E-state index in [4.69, 9.17) is 0 Å². The van der Waals surface area contributed by atoms with E-state index in [-0.39, 0.29) is 0 Å². The molecule has 0 aromatic heterocycles. The molecule has 0 saturated carbocycles. The Balaban J connectivity index is 2.65. The van der Waals surface area contributed by atoms with E-state index >= 15 is 0 Å². The van der Waals surface area contributed by atoms with E-state index in [9.17, 15) is 4.79 Å². The fourth-order valence-corrected chi connectivity index (χ4v) is 1.79. The van der Waals surface area contributed by atoms with Crippen LogP contribution in [0.3, 0.4) is 0 Å². The maximum atomic E-state index is 11.2. The number of ketones is 1. The lowest BCUT2D eigenvalue weighted by Crippen LogP contribution is -2.12. The van der Waals surface area contributed by atoms with Gasteiger partial charge in [0.2, 0.25) is 0 Å². The third-order valence-electron chi connectivity index (χ3n) is 2.68. The predicted octanol–water partition coefficient (Wildman–Crippen LogP) is 3.49. The first kappa shape index (κ1) is 10.5. The lowest BCUT2D eigenvalue weighted by atomic mass is 9.81. The molecule has 0 N–H and O–H groups in total. The summed E-state index contributed by atoms with van der Waals surface area (Å²) in [6.07, 6.45) is 6.91. The molecular weight excluding hydrogens is 160 g/mol. The molecule has 0 unspecified atom stereocenters. The van der Waals surface area contributed by atoms with Crippen LogP contribution in [0.4, 0.5) is 0 Å². The fourth-order valence-electron chi connectivity index (χ4n) is 1.79. The van der Waals surface area contributed by atoms with Crippen LogP contribution in [0, 0.1) is 5.41 Å². The van der Waals surface area contributed by atoms with Crippen molar-refractivity contribution in [3.8, 4) is 0 Å². The minimum Gasteiger partial charge on any atom is -0.300 e. The smallest absolute Gasteiger partial charge is 0.133 e. The first-order valence-corrected chi connectivity index (χ1v) is 5.21. The van der Waals surface area contributed by atoms with Crippen molar-refractivity contribution in [2.24, 2.45) is 5.41 Å². The van der Waals surface area contributed by atoms with E-state index in [1.807, 2.05) is 0 Å². The number of carbonyl (C=O) groups is 1. The molecule has 0 radical (unpaired) electrons. The van der Waals surface area contributed by atoms with E-state index in [0.717, 1.165) is 32.1 Å². The molecule has 1 aliphatic rings. The zero-order chi connectivity index (χ0) is 9.90. The van der Waals surface area contributed by atoms with Gasteiger partial charge in [-0.05, 0) is 24.7 Å². The van der Waals surface area contributed by atoms with Gasteiger partial charge in [0.25, 0.3) is 0 Å². The van der Waals surface area contributed by atoms with Crippen LogP contribution in [-0.4, -0.2) is 5.78 Å². The molecule has 0 saturated heterocycles. The minimum absolute atomic E-state index is 0.292. The Bertz CT molecular complexity index is 218. The summed E-state index contributed by atoms with van der Waals surface area (Å²) in [5, 5.41) is 0. The van der Waals surface area contributed by atoms with Crippen molar-refractivity contribution >= 4 is 5.78 Å². The highest BCUT2D eigenvalue weighted by molar-refractivity contribution is 5.78. The first-order valence-electron chi connectivity index (χ1n) is 5.21. The molecule has 1 heteroatoms. The molecule has 1 aliphatic carbocycles. The molecule has 0 spiro atoms. The van der Waals surface area contributed by atoms with E-state index in [1.54, 1.807) is 0 Å². The standard InChI is InChI=1S/C12H20O/c1-12(2,3)10-6-4-8-11(13)9-5-7-10/h6H,4-5,7-9H2,1-3H3. The molecule has 1 nitrogen and oxygen atoms in total. The van der Waals surface area contributed by atoms with Crippen LogP contribution in [0.25, 0.3) is 0 Å². The minimum atomic E-state index is 0.292. The van der Waals surface area contributed by atoms with E-state index in [0.29, 0.717) is 11.2 Å². The molecule has 74 valence electrons. The Hall–Kier alpha value is -0.590. The molecule has 0 aliphatic heterocycles. The molecular formula is C12H20O. The monoisotopic (exact) mass is 180 g/mol. The summed E-state index contributed by atoms with van der Waals surface area (Å²) in [5.41, 5.74) is 1.82. The molecule has 0 aromatic carbocycles. The van der Waals surface area contributed by atoms with E-state index < -0.39 is 0 Å². The van der Waals surface area contributed by atoms with Crippen LogP contribution in [0.1, 0.15) is 52.9 Å². The highest BCUT2D eigenvalue weighted by atomic mass is 16.1. The molecule has 0 fully saturated rings. The van der Waals surface area contributed by atoms with Crippen molar-refractivity contribution in [1.82, 2.24) is 0 Å². The Morgan fingerprint density at radius 2 is 1.85 bits per heavy atom. The third-order valence-corrected chi connectivity index (χ3v) is 2.68. The fraction of sp³-hybridized carbons (Fsp3) is 0.750. The molecule has 0 atom stereocenters. The summed E-state index contributed by atoms with van der Waals surface area (Å²) in [4.78, 5) is 11.2. The summed E-state index contributed by atoms with van der Waals surface area (Å²) in [5.74, 6) is 0.434. The average molecular weight is 180 g/mol. The van der Waals surface area contributed by atoms with Gasteiger partial charge in [-0.1, -0.05) is 32.4 Å². The van der Waals surface area contributed by atoms with Crippen LogP contribution in [-0.2, 0) is 4.79 Å². The molecule has 0 heterocycles. The Kier molecular flexibility index (Phi) is 3.29. The second kappa shape index (κ2) is 4.08. The van der Waals surface area contributed by atoms with Gasteiger partial charge < -0.3 is 0 Å². The quantitative estimate of drug-likeness (QED) is 0.521. The largest absolute Gasteiger partial charge is 0.300 e. The average Bonchev–Trinajstić information content (AvgIpc) is 1.93. The maximum absolute atomic E-state index is 11.2. The van der Waals surface area contributed by atoms with E-state index in [1.165, 1.54) is 5.57 Å². The van der Waals surface area contributed by atoms with Crippen LogP contribution in [0.2, 0.25) is 0 Å². The van der Waals surface area contributed by atoms with Gasteiger partial charge in [0.1, 0.15) is 5.78 Å². The van der Waals surface area contributed by atoms with Crippen LogP contribution < -0.4 is 0 Å². The topological polar surface area (TPSA) is 17.1 Å². The SMILES string of the molecule is CC(C)(C)C1=CCCC(=O)CCC1. The van der Waals surface area contributed by atoms with Gasteiger partial charge in [0.05, 0.1) is 0 Å². The summed E-state index contributed by atoms with van der Waals surface area (Å²) in [7, 11) is 0. The van der Waals surface area contributed by atoms with Gasteiger partial charge in [-0.15, -0.1) is 0 Å². The first-order chi connectivity index (χ1) is 6.00. The lowest BCUT2D eigenvalue weighted by molar-refractivity contribution is -0.119. The predicted molar refractivity (Wildman–Crippen MR) is 55.6 cm³/mol. The second-order valence-electron chi connectivity index (χ2n) is 4.91. The zero-order valence-electron chi connectivity index (χ0n) is 9.02. The molecule has 1 rings (SSSR count). The van der Waals surface area contributed by atoms with Crippen LogP contribution in [0.15, 0.2) is 11.6 Å². The lowest BCUT2D eigenvalue weighted by Gasteiger charge is -2.24. The van der Waals surface area contributed by atoms with Gasteiger partial charge in [0.15, 0.2) is 0 Å². The Morgan fingerprint density at radius 1 is 1.15 bits per heavy atom. The summed E-state index contributed by atoms with van der Waals surface area (Å²) < 4.78 is 0. The second-order valence-corrected chi connectivity index (χ2v) is 4.91. The van der Waals surface area contributed by atoms with E-state index in [2.05, 4.69) is 26.8 Å². The van der Waals surface area contributed by atoms with Gasteiger partial charge >= 0.3 is 0 Å². The van der Waals surface area contributed by atoms with Crippen molar-refractivity contribution in [2.45, 2.75) is 52.9 Å². The Morgan fingerprint density at radius 3 is 2.46 bits per heavy atom. The van der Waals surface area contributed by atoms with Crippen LogP contribution in [0.5, 0.6) is 0 Å². The van der Waals surface area contributed by atoms with Crippen molar-refractivity contribution < 1.29 is 4.79 Å². The number of hydrogen-bond donors (Lipinski definition) is 0. The highest BCUT2D eigenvalue weighted by Gasteiger charge is 2.18. The third kappa shape index (κ3) is 3.33. The van der Waals surface area contributed by atoms with Gasteiger partial charge in [-0.2, -0.15) is 0 Å². The molecule has 0 aromatic rings. The Labute approximate surface area is 81.2 Å². The summed E-state index contributed by atoms with van der Waals surface area (Å²) in [6.45, 7) is 6.76. The number of Topliss-reactive ketones (excluding diaryl/α,β-unsaturated/α-hetero) is 1.